The van der Waals surface area contributed by atoms with Crippen LogP contribution in [-0.4, -0.2) is 29.5 Å². The maximum atomic E-state index is 11.6. The van der Waals surface area contributed by atoms with Crippen LogP contribution in [0.1, 0.15) is 5.69 Å². The van der Waals surface area contributed by atoms with Crippen molar-refractivity contribution in [2.75, 3.05) is 20.3 Å². The van der Waals surface area contributed by atoms with Crippen molar-refractivity contribution in [3.8, 4) is 0 Å². The van der Waals surface area contributed by atoms with Crippen LogP contribution in [0.3, 0.4) is 0 Å². The van der Waals surface area contributed by atoms with Gasteiger partial charge in [-0.1, -0.05) is 0 Å². The van der Waals surface area contributed by atoms with Crippen LogP contribution < -0.4 is 16.7 Å². The average molecular weight is 243 g/mol. The Hall–Kier alpha value is -1.44. The number of rotatable bonds is 6. The molecule has 0 unspecified atom stereocenters. The minimum Gasteiger partial charge on any atom is -0.382 e. The predicted molar refractivity (Wildman–Crippen MR) is 61.6 cm³/mol. The summed E-state index contributed by atoms with van der Waals surface area (Å²) in [4.78, 5) is 28.0. The first kappa shape index (κ1) is 13.6. The van der Waals surface area contributed by atoms with E-state index in [2.05, 4.69) is 5.48 Å². The smallest absolute Gasteiger partial charge is 0.330 e. The van der Waals surface area contributed by atoms with Crippen LogP contribution in [0.2, 0.25) is 0 Å². The van der Waals surface area contributed by atoms with Crippen molar-refractivity contribution < 1.29 is 9.57 Å². The van der Waals surface area contributed by atoms with Crippen molar-refractivity contribution in [1.82, 2.24) is 14.6 Å². The maximum Gasteiger partial charge on any atom is 0.330 e. The van der Waals surface area contributed by atoms with E-state index in [4.69, 9.17) is 9.57 Å². The van der Waals surface area contributed by atoms with Crippen molar-refractivity contribution in [1.29, 1.82) is 0 Å². The molecule has 0 spiro atoms. The van der Waals surface area contributed by atoms with E-state index in [0.29, 0.717) is 18.9 Å². The molecule has 0 radical (unpaired) electrons. The number of hydroxylamine groups is 1. The largest absolute Gasteiger partial charge is 0.382 e. The van der Waals surface area contributed by atoms with Gasteiger partial charge in [-0.25, -0.2) is 4.79 Å². The molecule has 96 valence electrons. The van der Waals surface area contributed by atoms with E-state index in [1.807, 2.05) is 0 Å². The highest BCUT2D eigenvalue weighted by Gasteiger charge is 2.05. The number of hydrogen-bond acceptors (Lipinski definition) is 5. The van der Waals surface area contributed by atoms with Gasteiger partial charge in [-0.3, -0.25) is 18.8 Å². The zero-order chi connectivity index (χ0) is 12.8. The number of nitrogens with zero attached hydrogens (tertiary/aromatic N) is 2. The molecule has 1 aromatic heterocycles. The number of nitrogens with one attached hydrogen (secondary N) is 1. The standard InChI is InChI=1S/C10H17N3O4/c1-12-8(7-11-17-5-4-16-3)6-9(14)13(2)10(12)15/h6,11H,4-5,7H2,1-3H3. The van der Waals surface area contributed by atoms with E-state index in [1.54, 1.807) is 14.2 Å². The Bertz CT molecular complexity index is 477. The van der Waals surface area contributed by atoms with Crippen LogP contribution in [-0.2, 0) is 30.2 Å². The molecule has 0 aromatic carbocycles. The van der Waals surface area contributed by atoms with Gasteiger partial charge in [0, 0.05) is 33.0 Å². The summed E-state index contributed by atoms with van der Waals surface area (Å²) in [6, 6.07) is 1.40. The second-order valence-corrected chi connectivity index (χ2v) is 3.54. The van der Waals surface area contributed by atoms with Crippen LogP contribution in [0.25, 0.3) is 0 Å². The minimum atomic E-state index is -0.355. The highest BCUT2D eigenvalue weighted by Crippen LogP contribution is 1.89. The lowest BCUT2D eigenvalue weighted by Gasteiger charge is -2.10. The van der Waals surface area contributed by atoms with Crippen molar-refractivity contribution in [3.05, 3.63) is 32.6 Å². The summed E-state index contributed by atoms with van der Waals surface area (Å²) < 4.78 is 7.25. The quantitative estimate of drug-likeness (QED) is 0.499. The first-order chi connectivity index (χ1) is 8.07. The maximum absolute atomic E-state index is 11.6. The van der Waals surface area contributed by atoms with E-state index >= 15 is 0 Å². The Morgan fingerprint density at radius 3 is 2.59 bits per heavy atom. The van der Waals surface area contributed by atoms with Crippen LogP contribution in [0.15, 0.2) is 15.7 Å². The van der Waals surface area contributed by atoms with Crippen LogP contribution in [0.5, 0.6) is 0 Å². The van der Waals surface area contributed by atoms with E-state index < -0.39 is 0 Å². The Labute approximate surface area is 98.5 Å². The van der Waals surface area contributed by atoms with Gasteiger partial charge < -0.3 is 4.74 Å². The van der Waals surface area contributed by atoms with Gasteiger partial charge in [-0.2, -0.15) is 5.48 Å². The zero-order valence-electron chi connectivity index (χ0n) is 10.2. The summed E-state index contributed by atoms with van der Waals surface area (Å²) in [7, 11) is 4.62. The van der Waals surface area contributed by atoms with Crippen molar-refractivity contribution in [2.45, 2.75) is 6.54 Å². The third-order valence-corrected chi connectivity index (χ3v) is 2.37. The summed E-state index contributed by atoms with van der Waals surface area (Å²) in [5.74, 6) is 0. The molecule has 0 aliphatic carbocycles. The third kappa shape index (κ3) is 3.52. The van der Waals surface area contributed by atoms with Crippen LogP contribution >= 0.6 is 0 Å². The number of methoxy groups -OCH3 is 1. The number of hydrogen-bond donors (Lipinski definition) is 1. The molecule has 1 rings (SSSR count). The van der Waals surface area contributed by atoms with E-state index in [1.165, 1.54) is 17.7 Å². The number of aromatic nitrogens is 2. The fourth-order valence-electron chi connectivity index (χ4n) is 1.27. The molecule has 7 nitrogen and oxygen atoms in total. The molecule has 0 aliphatic heterocycles. The molecule has 17 heavy (non-hydrogen) atoms. The van der Waals surface area contributed by atoms with Crippen LogP contribution in [0, 0.1) is 0 Å². The van der Waals surface area contributed by atoms with Crippen molar-refractivity contribution in [3.63, 3.8) is 0 Å². The fourth-order valence-corrected chi connectivity index (χ4v) is 1.27. The Kier molecular flexibility index (Phi) is 5.08. The minimum absolute atomic E-state index is 0.283. The lowest BCUT2D eigenvalue weighted by atomic mass is 10.4. The molecule has 0 bridgehead atoms. The van der Waals surface area contributed by atoms with E-state index in [0.717, 1.165) is 4.57 Å². The van der Waals surface area contributed by atoms with E-state index in [9.17, 15) is 9.59 Å². The lowest BCUT2D eigenvalue weighted by molar-refractivity contribution is 0.00251. The highest BCUT2D eigenvalue weighted by atomic mass is 16.7. The third-order valence-electron chi connectivity index (χ3n) is 2.37. The van der Waals surface area contributed by atoms with Crippen molar-refractivity contribution in [2.24, 2.45) is 14.1 Å². The average Bonchev–Trinajstić information content (AvgIpc) is 2.32. The fraction of sp³-hybridized carbons (Fsp3) is 0.600. The van der Waals surface area contributed by atoms with Gasteiger partial charge in [0.25, 0.3) is 5.56 Å². The normalized spacial score (nSPS) is 10.8. The molecular formula is C10H17N3O4. The van der Waals surface area contributed by atoms with Gasteiger partial charge in [0.05, 0.1) is 19.8 Å². The molecule has 0 fully saturated rings. The molecule has 0 atom stereocenters. The van der Waals surface area contributed by atoms with E-state index in [-0.39, 0.29) is 17.8 Å². The van der Waals surface area contributed by atoms with Gasteiger partial charge in [0.1, 0.15) is 0 Å². The summed E-state index contributed by atoms with van der Waals surface area (Å²) >= 11 is 0. The highest BCUT2D eigenvalue weighted by molar-refractivity contribution is 5.01. The molecule has 7 heteroatoms. The molecule has 0 saturated carbocycles. The SMILES string of the molecule is COCCONCc1cc(=O)n(C)c(=O)n1C. The van der Waals surface area contributed by atoms with Gasteiger partial charge in [0.2, 0.25) is 0 Å². The Morgan fingerprint density at radius 2 is 1.94 bits per heavy atom. The lowest BCUT2D eigenvalue weighted by Crippen LogP contribution is -2.39. The summed E-state index contributed by atoms with van der Waals surface area (Å²) in [6.45, 7) is 1.16. The second-order valence-electron chi connectivity index (χ2n) is 3.54. The Balaban J connectivity index is 2.66. The zero-order valence-corrected chi connectivity index (χ0v) is 10.2. The molecule has 0 amide bonds. The molecule has 1 aromatic rings. The molecule has 1 N–H and O–H groups in total. The van der Waals surface area contributed by atoms with Gasteiger partial charge in [-0.05, 0) is 0 Å². The molecule has 1 heterocycles. The van der Waals surface area contributed by atoms with Crippen molar-refractivity contribution >= 4 is 0 Å². The van der Waals surface area contributed by atoms with Crippen LogP contribution in [0.4, 0.5) is 0 Å². The van der Waals surface area contributed by atoms with Gasteiger partial charge in [0.15, 0.2) is 0 Å². The predicted octanol–water partition coefficient (Wildman–Crippen LogP) is -1.25. The first-order valence-electron chi connectivity index (χ1n) is 5.17. The second kappa shape index (κ2) is 6.33. The molecular weight excluding hydrogens is 226 g/mol. The molecule has 0 saturated heterocycles. The van der Waals surface area contributed by atoms with Gasteiger partial charge >= 0.3 is 5.69 Å². The summed E-state index contributed by atoms with van der Waals surface area (Å²) in [6.07, 6.45) is 0. The molecule has 0 aliphatic rings. The first-order valence-corrected chi connectivity index (χ1v) is 5.17. The summed E-state index contributed by atoms with van der Waals surface area (Å²) in [5, 5.41) is 0. The Morgan fingerprint density at radius 1 is 1.24 bits per heavy atom. The summed E-state index contributed by atoms with van der Waals surface area (Å²) in [5.41, 5.74) is 2.54. The monoisotopic (exact) mass is 243 g/mol. The van der Waals surface area contributed by atoms with Gasteiger partial charge in [-0.15, -0.1) is 0 Å². The topological polar surface area (TPSA) is 74.5 Å². The number of ether oxygens (including phenoxy) is 1.